The first kappa shape index (κ1) is 58.8. The molecule has 2 aliphatic heterocycles. The second kappa shape index (κ2) is 21.9. The molecule has 0 saturated carbocycles. The Hall–Kier alpha value is -12.7. The van der Waals surface area contributed by atoms with Gasteiger partial charge in [0.05, 0.1) is 32.9 Å². The summed E-state index contributed by atoms with van der Waals surface area (Å²) in [6.45, 7) is 0. The molecular formula is C102H60N2S2. The van der Waals surface area contributed by atoms with Crippen molar-refractivity contribution in [1.29, 1.82) is 0 Å². The quantitative estimate of drug-likeness (QED) is 0.170. The van der Waals surface area contributed by atoms with Crippen LogP contribution in [0.1, 0.15) is 44.5 Å². The summed E-state index contributed by atoms with van der Waals surface area (Å²) in [6, 6.07) is 139. The third-order valence-corrected chi connectivity index (χ3v) is 26.6. The molecule has 2 aromatic heterocycles. The number of hydrogen-bond acceptors (Lipinski definition) is 2. The van der Waals surface area contributed by atoms with Gasteiger partial charge in [0.15, 0.2) is 0 Å². The van der Waals surface area contributed by atoms with Crippen LogP contribution >= 0.6 is 23.5 Å². The lowest BCUT2D eigenvalue weighted by Crippen LogP contribution is -2.32. The van der Waals surface area contributed by atoms with Gasteiger partial charge in [0.2, 0.25) is 0 Å². The van der Waals surface area contributed by atoms with Gasteiger partial charge in [0.25, 0.3) is 0 Å². The summed E-state index contributed by atoms with van der Waals surface area (Å²) < 4.78 is 5.14. The van der Waals surface area contributed by atoms with Gasteiger partial charge in [-0.2, -0.15) is 0 Å². The van der Waals surface area contributed by atoms with Gasteiger partial charge in [-0.3, -0.25) is 0 Å². The number of nitrogens with zero attached hydrogens (tertiary/aromatic N) is 2. The van der Waals surface area contributed by atoms with Crippen LogP contribution in [-0.2, 0) is 10.8 Å². The molecule has 4 heterocycles. The molecule has 2 aliphatic carbocycles. The standard InChI is InChI=1S/C102H60N2S2/c1-2-22-66-59-67(40-39-61(66)19-1)62-41-47-69(48-42-62)103-91-57-56-90-100(95(91)80-51-45-64-21-4-6-25-74(64)97(80)103)106-94-38-16-14-36-88(94)102(90)85-34-12-9-28-78(85)82-60-68(46-54-86(82)102)73-30-18-31-79-75(73)52-53-81-96-92(104(98(79)81)70-49-43-65(44-50-70)72-29-17-23-63-20-3-5-24-71(63)72)58-55-89-99(96)105-93-37-15-13-35-87(93)101(89)83-32-10-7-26-76(83)77-27-8-11-33-84(77)101/h1-60H. The molecule has 490 valence electrons. The molecular weight excluding hydrogens is 1320 g/mol. The zero-order valence-electron chi connectivity index (χ0n) is 57.4. The average Bonchev–Trinajstić information content (AvgIpc) is 1.50. The van der Waals surface area contributed by atoms with Gasteiger partial charge in [0, 0.05) is 63.3 Å². The largest absolute Gasteiger partial charge is 0.309 e. The van der Waals surface area contributed by atoms with Gasteiger partial charge in [-0.1, -0.05) is 327 Å². The number of fused-ring (bicyclic) bond motifs is 32. The number of rotatable bonds is 5. The first-order valence-corrected chi connectivity index (χ1v) is 38.4. The highest BCUT2D eigenvalue weighted by molar-refractivity contribution is 8.00. The van der Waals surface area contributed by atoms with Crippen LogP contribution in [0.4, 0.5) is 0 Å². The molecule has 106 heavy (non-hydrogen) atoms. The summed E-state index contributed by atoms with van der Waals surface area (Å²) in [5.74, 6) is 0. The maximum Gasteiger partial charge on any atom is 0.0735 e. The third kappa shape index (κ3) is 7.78. The first-order chi connectivity index (χ1) is 52.6. The molecule has 24 rings (SSSR count). The zero-order valence-corrected chi connectivity index (χ0v) is 59.0. The second-order valence-electron chi connectivity index (χ2n) is 29.2. The molecule has 18 aromatic carbocycles. The van der Waals surface area contributed by atoms with Crippen LogP contribution in [0.15, 0.2) is 384 Å². The minimum atomic E-state index is -0.615. The fourth-order valence-corrected chi connectivity index (χ4v) is 22.6. The SMILES string of the molecule is c1ccc2c(c1)Sc1c(ccc3c1c1ccc4ccccc4c1n3-c1ccc(-c3ccc4ccccc4c3)cc1)C21c2ccccc2-c2cc(-c3cccc4c3ccc3c5c6c(ccc5n(-c5ccc(-c7cccc8ccccc78)cc5)c43)C3(c4ccccc4S6)c4ccccc4-c4ccccc43)ccc21. The van der Waals surface area contributed by atoms with Gasteiger partial charge in [-0.15, -0.1) is 0 Å². The van der Waals surface area contributed by atoms with E-state index in [4.69, 9.17) is 0 Å². The zero-order chi connectivity index (χ0) is 69.1. The van der Waals surface area contributed by atoms with E-state index in [1.54, 1.807) is 0 Å². The van der Waals surface area contributed by atoms with Crippen molar-refractivity contribution < 1.29 is 0 Å². The highest BCUT2D eigenvalue weighted by Gasteiger charge is 2.53. The van der Waals surface area contributed by atoms with E-state index in [0.29, 0.717) is 0 Å². The summed E-state index contributed by atoms with van der Waals surface area (Å²) in [6.07, 6.45) is 0. The van der Waals surface area contributed by atoms with E-state index < -0.39 is 10.8 Å². The predicted octanol–water partition coefficient (Wildman–Crippen LogP) is 27.2. The molecule has 0 N–H and O–H groups in total. The molecule has 1 unspecified atom stereocenters. The lowest BCUT2D eigenvalue weighted by molar-refractivity contribution is 0.726. The molecule has 0 bridgehead atoms. The molecule has 4 heteroatoms. The minimum Gasteiger partial charge on any atom is -0.309 e. The Morgan fingerprint density at radius 3 is 1.23 bits per heavy atom. The van der Waals surface area contributed by atoms with Crippen molar-refractivity contribution in [2.75, 3.05) is 0 Å². The topological polar surface area (TPSA) is 9.86 Å². The fourth-order valence-electron chi connectivity index (χ4n) is 19.9. The van der Waals surface area contributed by atoms with Crippen molar-refractivity contribution in [3.05, 3.63) is 408 Å². The van der Waals surface area contributed by atoms with E-state index in [-0.39, 0.29) is 0 Å². The van der Waals surface area contributed by atoms with Crippen molar-refractivity contribution in [1.82, 2.24) is 9.13 Å². The third-order valence-electron chi connectivity index (χ3n) is 24.2. The number of benzene rings is 18. The van der Waals surface area contributed by atoms with Crippen LogP contribution in [-0.4, -0.2) is 9.13 Å². The van der Waals surface area contributed by atoms with Crippen LogP contribution in [0.5, 0.6) is 0 Å². The number of hydrogen-bond donors (Lipinski definition) is 0. The fraction of sp³-hybridized carbons (Fsp3) is 0.0196. The Bertz CT molecular complexity index is 7220. The van der Waals surface area contributed by atoms with Crippen molar-refractivity contribution in [2.45, 2.75) is 30.4 Å². The molecule has 1 atom stereocenters. The van der Waals surface area contributed by atoms with E-state index in [2.05, 4.69) is 373 Å². The Kier molecular flexibility index (Phi) is 12.2. The summed E-state index contributed by atoms with van der Waals surface area (Å²) in [5.41, 5.74) is 29.0. The van der Waals surface area contributed by atoms with E-state index in [1.807, 2.05) is 23.5 Å². The normalized spacial score (nSPS) is 14.8. The van der Waals surface area contributed by atoms with Crippen molar-refractivity contribution in [3.8, 4) is 67.0 Å². The Morgan fingerprint density at radius 2 is 0.604 bits per heavy atom. The summed E-state index contributed by atoms with van der Waals surface area (Å²) in [5, 5.41) is 15.0. The molecule has 0 amide bonds. The smallest absolute Gasteiger partial charge is 0.0735 e. The van der Waals surface area contributed by atoms with Crippen LogP contribution < -0.4 is 0 Å². The highest BCUT2D eigenvalue weighted by atomic mass is 32.2. The highest BCUT2D eigenvalue weighted by Crippen LogP contribution is 2.66. The van der Waals surface area contributed by atoms with Gasteiger partial charge >= 0.3 is 0 Å². The average molecular weight is 1380 g/mol. The Morgan fingerprint density at radius 1 is 0.208 bits per heavy atom. The predicted molar refractivity (Wildman–Crippen MR) is 444 cm³/mol. The van der Waals surface area contributed by atoms with E-state index in [0.717, 1.165) is 11.4 Å². The molecule has 2 nitrogen and oxygen atoms in total. The Labute approximate surface area is 620 Å². The number of aromatic nitrogens is 2. The minimum absolute atomic E-state index is 0.516. The van der Waals surface area contributed by atoms with Gasteiger partial charge in [0.1, 0.15) is 0 Å². The summed E-state index contributed by atoms with van der Waals surface area (Å²) in [4.78, 5) is 5.20. The van der Waals surface area contributed by atoms with Gasteiger partial charge < -0.3 is 9.13 Å². The van der Waals surface area contributed by atoms with Gasteiger partial charge in [-0.05, 0) is 193 Å². The lowest BCUT2D eigenvalue weighted by Gasteiger charge is -2.40. The second-order valence-corrected chi connectivity index (χ2v) is 31.3. The maximum atomic E-state index is 2.59. The van der Waals surface area contributed by atoms with Crippen molar-refractivity contribution >= 4 is 110 Å². The monoisotopic (exact) mass is 1380 g/mol. The lowest BCUT2D eigenvalue weighted by atomic mass is 9.67. The van der Waals surface area contributed by atoms with Crippen molar-refractivity contribution in [3.63, 3.8) is 0 Å². The van der Waals surface area contributed by atoms with Crippen LogP contribution in [0.25, 0.3) is 154 Å². The summed E-state index contributed by atoms with van der Waals surface area (Å²) >= 11 is 3.88. The van der Waals surface area contributed by atoms with Crippen molar-refractivity contribution in [2.24, 2.45) is 0 Å². The first-order valence-electron chi connectivity index (χ1n) is 36.8. The van der Waals surface area contributed by atoms with Crippen LogP contribution in [0, 0.1) is 0 Å². The van der Waals surface area contributed by atoms with Crippen LogP contribution in [0.2, 0.25) is 0 Å². The Balaban J connectivity index is 0.712. The van der Waals surface area contributed by atoms with Gasteiger partial charge in [-0.25, -0.2) is 0 Å². The molecule has 0 radical (unpaired) electrons. The molecule has 0 fully saturated rings. The van der Waals surface area contributed by atoms with E-state index in [1.165, 1.54) is 206 Å². The molecule has 20 aromatic rings. The molecule has 4 aliphatic rings. The molecule has 0 saturated heterocycles. The molecule has 2 spiro atoms. The van der Waals surface area contributed by atoms with E-state index >= 15 is 0 Å². The van der Waals surface area contributed by atoms with E-state index in [9.17, 15) is 0 Å². The maximum absolute atomic E-state index is 2.59. The summed E-state index contributed by atoms with van der Waals surface area (Å²) in [7, 11) is 0. The van der Waals surface area contributed by atoms with Crippen LogP contribution in [0.3, 0.4) is 0 Å².